The Morgan fingerprint density at radius 1 is 0.960 bits per heavy atom. The Balaban J connectivity index is 1.79. The molecule has 0 saturated heterocycles. The predicted molar refractivity (Wildman–Crippen MR) is 97.7 cm³/mol. The Labute approximate surface area is 148 Å². The highest BCUT2D eigenvalue weighted by Crippen LogP contribution is 2.23. The first kappa shape index (κ1) is 17.5. The topological polar surface area (TPSA) is 59.3 Å². The van der Waals surface area contributed by atoms with E-state index in [1.165, 1.54) is 0 Å². The molecule has 3 aromatic rings. The molecule has 1 aromatic heterocycles. The molecule has 0 spiro atoms. The lowest BCUT2D eigenvalue weighted by Crippen LogP contribution is -2.29. The molecule has 0 unspecified atom stereocenters. The molecular formula is C20H21NO3S. The van der Waals surface area contributed by atoms with Gasteiger partial charge >= 0.3 is 0 Å². The number of aryl methyl sites for hydroxylation is 2. The molecule has 0 radical (unpaired) electrons. The first-order chi connectivity index (χ1) is 12.0. The molecule has 0 bridgehead atoms. The zero-order valence-corrected chi connectivity index (χ0v) is 14.9. The van der Waals surface area contributed by atoms with Crippen LogP contribution in [0.4, 0.5) is 0 Å². The van der Waals surface area contributed by atoms with Crippen molar-refractivity contribution in [2.45, 2.75) is 30.7 Å². The Morgan fingerprint density at radius 2 is 1.68 bits per heavy atom. The monoisotopic (exact) mass is 355 g/mol. The lowest BCUT2D eigenvalue weighted by molar-refractivity contribution is 0.428. The molecule has 130 valence electrons. The SMILES string of the molecule is Cc1ccc(S(=O)(=O)N[C@H](CCc2ccccc2)c2ccco2)cc1. The van der Waals surface area contributed by atoms with Crippen LogP contribution in [0, 0.1) is 6.92 Å². The van der Waals surface area contributed by atoms with Gasteiger partial charge in [-0.3, -0.25) is 0 Å². The van der Waals surface area contributed by atoms with E-state index < -0.39 is 16.1 Å². The number of sulfonamides is 1. The van der Waals surface area contributed by atoms with E-state index in [9.17, 15) is 8.42 Å². The molecule has 0 aliphatic carbocycles. The van der Waals surface area contributed by atoms with E-state index in [0.29, 0.717) is 12.2 Å². The van der Waals surface area contributed by atoms with Crippen molar-refractivity contribution in [2.75, 3.05) is 0 Å². The number of nitrogens with one attached hydrogen (secondary N) is 1. The molecular weight excluding hydrogens is 334 g/mol. The van der Waals surface area contributed by atoms with Gasteiger partial charge in [-0.2, -0.15) is 0 Å². The molecule has 4 nitrogen and oxygen atoms in total. The lowest BCUT2D eigenvalue weighted by atomic mass is 10.0. The van der Waals surface area contributed by atoms with Gasteiger partial charge in [0, 0.05) is 0 Å². The number of rotatable bonds is 7. The van der Waals surface area contributed by atoms with Gasteiger partial charge in [0.25, 0.3) is 0 Å². The smallest absolute Gasteiger partial charge is 0.241 e. The zero-order valence-electron chi connectivity index (χ0n) is 14.1. The highest BCUT2D eigenvalue weighted by Gasteiger charge is 2.23. The minimum atomic E-state index is -3.62. The van der Waals surface area contributed by atoms with Crippen molar-refractivity contribution in [1.29, 1.82) is 0 Å². The molecule has 1 atom stereocenters. The molecule has 3 rings (SSSR count). The molecule has 0 aliphatic heterocycles. The summed E-state index contributed by atoms with van der Waals surface area (Å²) in [6.07, 6.45) is 2.93. The van der Waals surface area contributed by atoms with Crippen molar-refractivity contribution in [3.8, 4) is 0 Å². The number of hydrogen-bond acceptors (Lipinski definition) is 3. The van der Waals surface area contributed by atoms with Crippen molar-refractivity contribution in [2.24, 2.45) is 0 Å². The third-order valence-electron chi connectivity index (χ3n) is 4.08. The van der Waals surface area contributed by atoms with Gasteiger partial charge < -0.3 is 4.42 Å². The second kappa shape index (κ2) is 7.68. The molecule has 1 heterocycles. The predicted octanol–water partition coefficient (Wildman–Crippen LogP) is 4.24. The molecule has 1 N–H and O–H groups in total. The summed E-state index contributed by atoms with van der Waals surface area (Å²) in [6.45, 7) is 1.93. The van der Waals surface area contributed by atoms with Crippen LogP contribution in [0.1, 0.15) is 29.3 Å². The maximum Gasteiger partial charge on any atom is 0.241 e. The van der Waals surface area contributed by atoms with E-state index in [2.05, 4.69) is 4.72 Å². The molecule has 0 saturated carbocycles. The van der Waals surface area contributed by atoms with Gasteiger partial charge in [-0.05, 0) is 49.6 Å². The Morgan fingerprint density at radius 3 is 2.32 bits per heavy atom. The second-order valence-electron chi connectivity index (χ2n) is 6.03. The molecule has 25 heavy (non-hydrogen) atoms. The first-order valence-corrected chi connectivity index (χ1v) is 9.69. The maximum atomic E-state index is 12.7. The summed E-state index contributed by atoms with van der Waals surface area (Å²) in [4.78, 5) is 0.259. The molecule has 0 amide bonds. The Hall–Kier alpha value is -2.37. The average Bonchev–Trinajstić information content (AvgIpc) is 3.14. The normalized spacial score (nSPS) is 12.8. The summed E-state index contributed by atoms with van der Waals surface area (Å²) in [6, 6.07) is 20.0. The molecule has 0 aliphatic rings. The fraction of sp³-hybridized carbons (Fsp3) is 0.200. The minimum absolute atomic E-state index is 0.259. The minimum Gasteiger partial charge on any atom is -0.468 e. The average molecular weight is 355 g/mol. The van der Waals surface area contributed by atoms with E-state index in [0.717, 1.165) is 17.5 Å². The van der Waals surface area contributed by atoms with Gasteiger partial charge in [0.05, 0.1) is 17.2 Å². The fourth-order valence-corrected chi connectivity index (χ4v) is 3.92. The third kappa shape index (κ3) is 4.59. The number of furan rings is 1. The molecule has 0 fully saturated rings. The van der Waals surface area contributed by atoms with Crippen molar-refractivity contribution in [3.63, 3.8) is 0 Å². The number of hydrogen-bond donors (Lipinski definition) is 1. The summed E-state index contributed by atoms with van der Waals surface area (Å²) < 4.78 is 33.7. The van der Waals surface area contributed by atoms with E-state index in [1.54, 1.807) is 42.7 Å². The van der Waals surface area contributed by atoms with Gasteiger partial charge in [0.15, 0.2) is 0 Å². The van der Waals surface area contributed by atoms with Crippen molar-refractivity contribution in [1.82, 2.24) is 4.72 Å². The van der Waals surface area contributed by atoms with E-state index in [1.807, 2.05) is 37.3 Å². The van der Waals surface area contributed by atoms with Gasteiger partial charge in [0.2, 0.25) is 10.0 Å². The summed E-state index contributed by atoms with van der Waals surface area (Å²) in [7, 11) is -3.62. The summed E-state index contributed by atoms with van der Waals surface area (Å²) in [5.41, 5.74) is 2.18. The fourth-order valence-electron chi connectivity index (χ4n) is 2.68. The standard InChI is InChI=1S/C20H21NO3S/c1-16-9-12-18(13-10-16)25(22,23)21-19(20-8-5-15-24-20)14-11-17-6-3-2-4-7-17/h2-10,12-13,15,19,21H,11,14H2,1H3/t19-/m1/s1. The molecule has 2 aromatic carbocycles. The van der Waals surface area contributed by atoms with Gasteiger partial charge in [-0.25, -0.2) is 13.1 Å². The largest absolute Gasteiger partial charge is 0.468 e. The van der Waals surface area contributed by atoms with Crippen molar-refractivity contribution in [3.05, 3.63) is 89.9 Å². The van der Waals surface area contributed by atoms with E-state index in [4.69, 9.17) is 4.42 Å². The summed E-state index contributed by atoms with van der Waals surface area (Å²) in [5.74, 6) is 0.617. The van der Waals surface area contributed by atoms with E-state index in [-0.39, 0.29) is 4.90 Å². The van der Waals surface area contributed by atoms with Crippen LogP contribution in [0.2, 0.25) is 0 Å². The quantitative estimate of drug-likeness (QED) is 0.689. The summed E-state index contributed by atoms with van der Waals surface area (Å²) >= 11 is 0. The second-order valence-corrected chi connectivity index (χ2v) is 7.74. The zero-order chi connectivity index (χ0) is 17.7. The third-order valence-corrected chi connectivity index (χ3v) is 5.57. The van der Waals surface area contributed by atoms with Gasteiger partial charge in [0.1, 0.15) is 5.76 Å². The van der Waals surface area contributed by atoms with Crippen LogP contribution in [0.25, 0.3) is 0 Å². The lowest BCUT2D eigenvalue weighted by Gasteiger charge is -2.17. The van der Waals surface area contributed by atoms with Gasteiger partial charge in [-0.15, -0.1) is 0 Å². The van der Waals surface area contributed by atoms with Crippen LogP contribution in [-0.2, 0) is 16.4 Å². The van der Waals surface area contributed by atoms with Crippen molar-refractivity contribution < 1.29 is 12.8 Å². The highest BCUT2D eigenvalue weighted by molar-refractivity contribution is 7.89. The van der Waals surface area contributed by atoms with Crippen LogP contribution in [0.5, 0.6) is 0 Å². The van der Waals surface area contributed by atoms with Crippen LogP contribution in [0.3, 0.4) is 0 Å². The Kier molecular flexibility index (Phi) is 5.36. The van der Waals surface area contributed by atoms with Crippen molar-refractivity contribution >= 4 is 10.0 Å². The van der Waals surface area contributed by atoms with Gasteiger partial charge in [-0.1, -0.05) is 48.0 Å². The van der Waals surface area contributed by atoms with Crippen LogP contribution >= 0.6 is 0 Å². The first-order valence-electron chi connectivity index (χ1n) is 8.21. The van der Waals surface area contributed by atoms with Crippen LogP contribution in [-0.4, -0.2) is 8.42 Å². The highest BCUT2D eigenvalue weighted by atomic mass is 32.2. The van der Waals surface area contributed by atoms with Crippen LogP contribution in [0.15, 0.2) is 82.3 Å². The number of benzene rings is 2. The molecule has 5 heteroatoms. The maximum absolute atomic E-state index is 12.7. The summed E-state index contributed by atoms with van der Waals surface area (Å²) in [5, 5.41) is 0. The Bertz CT molecular complexity index is 886. The van der Waals surface area contributed by atoms with Crippen LogP contribution < -0.4 is 4.72 Å². The van der Waals surface area contributed by atoms with E-state index >= 15 is 0 Å².